The van der Waals surface area contributed by atoms with E-state index in [1.54, 1.807) is 6.07 Å². The number of anilines is 1. The van der Waals surface area contributed by atoms with Crippen molar-refractivity contribution in [2.45, 2.75) is 48.3 Å². The number of hydrogen-bond acceptors (Lipinski definition) is 8. The van der Waals surface area contributed by atoms with Gasteiger partial charge in [-0.05, 0) is 56.6 Å². The number of alkyl halides is 3. The summed E-state index contributed by atoms with van der Waals surface area (Å²) in [6.45, 7) is 1.55. The molecule has 0 aliphatic carbocycles. The number of aromatic nitrogens is 2. The van der Waals surface area contributed by atoms with Crippen molar-refractivity contribution in [3.8, 4) is 11.3 Å². The van der Waals surface area contributed by atoms with Crippen molar-refractivity contribution in [1.82, 2.24) is 24.9 Å². The van der Waals surface area contributed by atoms with Crippen LogP contribution < -0.4 is 15.5 Å². The lowest BCUT2D eigenvalue weighted by Crippen LogP contribution is -2.45. The Morgan fingerprint density at radius 1 is 1.12 bits per heavy atom. The second kappa shape index (κ2) is 11.8. The van der Waals surface area contributed by atoms with Crippen LogP contribution in [-0.2, 0) is 27.5 Å². The van der Waals surface area contributed by atoms with E-state index in [9.17, 15) is 26.4 Å². The van der Waals surface area contributed by atoms with Crippen molar-refractivity contribution in [1.29, 1.82) is 0 Å². The minimum Gasteiger partial charge on any atom is -0.349 e. The molecule has 2 fully saturated rings. The van der Waals surface area contributed by atoms with Crippen LogP contribution in [0.4, 0.5) is 19.1 Å². The third-order valence-corrected chi connectivity index (χ3v) is 10.8. The Balaban J connectivity index is 1.37. The van der Waals surface area contributed by atoms with E-state index in [0.717, 1.165) is 29.9 Å². The molecular formula is C26H28ClF3N6O3S2. The highest BCUT2D eigenvalue weighted by Gasteiger charge is 2.40. The van der Waals surface area contributed by atoms with Gasteiger partial charge in [0.05, 0.1) is 27.8 Å². The average molecular weight is 629 g/mol. The maximum absolute atomic E-state index is 13.2. The molecule has 2 saturated heterocycles. The number of carbonyl (C=O) groups is 1. The maximum atomic E-state index is 13.2. The molecule has 2 aliphatic rings. The van der Waals surface area contributed by atoms with Crippen molar-refractivity contribution < 1.29 is 26.4 Å². The third kappa shape index (κ3) is 6.51. The fraction of sp³-hybridized carbons (Fsp3) is 0.423. The lowest BCUT2D eigenvalue weighted by Gasteiger charge is -2.23. The maximum Gasteiger partial charge on any atom is 0.416 e. The molecule has 2 atom stereocenters. The predicted molar refractivity (Wildman–Crippen MR) is 150 cm³/mol. The second-order valence-corrected chi connectivity index (χ2v) is 13.7. The number of benzene rings is 1. The van der Waals surface area contributed by atoms with Gasteiger partial charge in [0.25, 0.3) is 10.0 Å². The number of rotatable bonds is 8. The van der Waals surface area contributed by atoms with Crippen molar-refractivity contribution in [2.24, 2.45) is 0 Å². The number of halogens is 4. The molecule has 9 nitrogen and oxygen atoms in total. The molecule has 1 amide bonds. The van der Waals surface area contributed by atoms with Gasteiger partial charge in [0.1, 0.15) is 10.3 Å². The Labute approximate surface area is 244 Å². The standard InChI is InChI=1S/C26H28ClF3N6O3S2/c1-31-18-10-12-35(15-18)25-33-19(13-20(34-25)16-4-6-17(7-5-16)26(28,29)30)14-32-24(37)21-3-2-11-36(21)41(38,39)23-9-8-22(27)40-23/h4-9,13,18,21,31H,2-3,10-12,14-15H2,1H3,(H,32,37). The number of sulfonamides is 1. The number of thiophene rings is 1. The molecule has 0 saturated carbocycles. The van der Waals surface area contributed by atoms with E-state index in [-0.39, 0.29) is 23.3 Å². The van der Waals surface area contributed by atoms with Crippen molar-refractivity contribution in [3.63, 3.8) is 0 Å². The topological polar surface area (TPSA) is 108 Å². The second-order valence-electron chi connectivity index (χ2n) is 9.89. The molecular weight excluding hydrogens is 601 g/mol. The normalized spacial score (nSPS) is 20.1. The molecule has 2 N–H and O–H groups in total. The molecule has 41 heavy (non-hydrogen) atoms. The van der Waals surface area contributed by atoms with Crippen LogP contribution in [0.5, 0.6) is 0 Å². The molecule has 5 rings (SSSR count). The average Bonchev–Trinajstić information content (AvgIpc) is 3.72. The van der Waals surface area contributed by atoms with Gasteiger partial charge in [0, 0.05) is 31.2 Å². The van der Waals surface area contributed by atoms with E-state index < -0.39 is 33.7 Å². The zero-order valence-corrected chi connectivity index (χ0v) is 24.4. The number of nitrogens with one attached hydrogen (secondary N) is 2. The first kappa shape index (κ1) is 29.7. The Morgan fingerprint density at radius 3 is 2.51 bits per heavy atom. The fourth-order valence-corrected chi connectivity index (χ4v) is 8.28. The first-order valence-electron chi connectivity index (χ1n) is 13.0. The van der Waals surface area contributed by atoms with Crippen LogP contribution in [0.15, 0.2) is 46.7 Å². The molecule has 2 unspecified atom stereocenters. The van der Waals surface area contributed by atoms with Gasteiger partial charge in [-0.2, -0.15) is 17.5 Å². The van der Waals surface area contributed by atoms with E-state index in [1.807, 2.05) is 11.9 Å². The Hall–Kier alpha value is -2.78. The summed E-state index contributed by atoms with van der Waals surface area (Å²) in [6.07, 6.45) is -2.68. The highest BCUT2D eigenvalue weighted by Crippen LogP contribution is 2.33. The summed E-state index contributed by atoms with van der Waals surface area (Å²) < 4.78 is 67.3. The van der Waals surface area contributed by atoms with Crippen molar-refractivity contribution in [2.75, 3.05) is 31.6 Å². The van der Waals surface area contributed by atoms with E-state index >= 15 is 0 Å². The van der Waals surface area contributed by atoms with Gasteiger partial charge in [-0.3, -0.25) is 4.79 Å². The zero-order chi connectivity index (χ0) is 29.4. The van der Waals surface area contributed by atoms with Gasteiger partial charge in [0.2, 0.25) is 11.9 Å². The monoisotopic (exact) mass is 628 g/mol. The van der Waals surface area contributed by atoms with Crippen LogP contribution in [0, 0.1) is 0 Å². The summed E-state index contributed by atoms with van der Waals surface area (Å²) in [5, 5.41) is 6.03. The minimum absolute atomic E-state index is 0.0134. The van der Waals surface area contributed by atoms with Crippen LogP contribution in [0.3, 0.4) is 0 Å². The number of likely N-dealkylation sites (N-methyl/N-ethyl adjacent to an activating group) is 1. The van der Waals surface area contributed by atoms with Gasteiger partial charge < -0.3 is 15.5 Å². The first-order chi connectivity index (χ1) is 19.5. The number of amides is 1. The van der Waals surface area contributed by atoms with Crippen LogP contribution in [0.1, 0.15) is 30.5 Å². The minimum atomic E-state index is -4.46. The number of nitrogens with zero attached hydrogens (tertiary/aromatic N) is 4. The van der Waals surface area contributed by atoms with Gasteiger partial charge in [-0.25, -0.2) is 18.4 Å². The summed E-state index contributed by atoms with van der Waals surface area (Å²) in [5.74, 6) is -0.0505. The van der Waals surface area contributed by atoms with Gasteiger partial charge >= 0.3 is 6.18 Å². The molecule has 15 heteroatoms. The molecule has 4 heterocycles. The smallest absolute Gasteiger partial charge is 0.349 e. The third-order valence-electron chi connectivity index (χ3n) is 7.22. The quantitative estimate of drug-likeness (QED) is 0.386. The zero-order valence-electron chi connectivity index (χ0n) is 22.0. The van der Waals surface area contributed by atoms with Crippen molar-refractivity contribution in [3.05, 3.63) is 58.1 Å². The first-order valence-corrected chi connectivity index (χ1v) is 15.6. The molecule has 1 aromatic carbocycles. The van der Waals surface area contributed by atoms with Gasteiger partial charge in [0.15, 0.2) is 0 Å². The molecule has 220 valence electrons. The predicted octanol–water partition coefficient (Wildman–Crippen LogP) is 4.14. The summed E-state index contributed by atoms with van der Waals surface area (Å²) >= 11 is 6.88. The summed E-state index contributed by atoms with van der Waals surface area (Å²) in [5.41, 5.74) is 0.575. The SMILES string of the molecule is CNC1CCN(c2nc(CNC(=O)C3CCCN3S(=O)(=O)c3ccc(Cl)s3)cc(-c3ccc(C(F)(F)F)cc3)n2)C1. The van der Waals surface area contributed by atoms with E-state index in [0.29, 0.717) is 53.2 Å². The number of hydrogen-bond donors (Lipinski definition) is 2. The molecule has 0 radical (unpaired) electrons. The molecule has 2 aliphatic heterocycles. The van der Waals surface area contributed by atoms with E-state index in [1.165, 1.54) is 28.6 Å². The van der Waals surface area contributed by atoms with Gasteiger partial charge in [-0.1, -0.05) is 23.7 Å². The Morgan fingerprint density at radius 2 is 1.88 bits per heavy atom. The lowest BCUT2D eigenvalue weighted by atomic mass is 10.1. The van der Waals surface area contributed by atoms with E-state index in [4.69, 9.17) is 11.6 Å². The van der Waals surface area contributed by atoms with Gasteiger partial charge in [-0.15, -0.1) is 11.3 Å². The summed E-state index contributed by atoms with van der Waals surface area (Å²) in [7, 11) is -2.02. The molecule has 0 bridgehead atoms. The van der Waals surface area contributed by atoms with Crippen LogP contribution in [0.25, 0.3) is 11.3 Å². The Bertz CT molecular complexity index is 1520. The van der Waals surface area contributed by atoms with Crippen LogP contribution >= 0.6 is 22.9 Å². The highest BCUT2D eigenvalue weighted by atomic mass is 35.5. The van der Waals surface area contributed by atoms with E-state index in [2.05, 4.69) is 20.6 Å². The van der Waals surface area contributed by atoms with Crippen LogP contribution in [0.2, 0.25) is 4.34 Å². The summed E-state index contributed by atoms with van der Waals surface area (Å²) in [6, 6.07) is 8.63. The highest BCUT2D eigenvalue weighted by molar-refractivity contribution is 7.91. The largest absolute Gasteiger partial charge is 0.416 e. The molecule has 0 spiro atoms. The van der Waals surface area contributed by atoms with Crippen molar-refractivity contribution >= 4 is 44.8 Å². The Kier molecular flexibility index (Phi) is 8.58. The van der Waals surface area contributed by atoms with Crippen LogP contribution in [-0.4, -0.2) is 67.4 Å². The summed E-state index contributed by atoms with van der Waals surface area (Å²) in [4.78, 5) is 24.5. The lowest BCUT2D eigenvalue weighted by molar-refractivity contribution is -0.137. The fourth-order valence-electron chi connectivity index (χ4n) is 5.01. The number of carbonyl (C=O) groups excluding carboxylic acids is 1. The molecule has 2 aromatic heterocycles. The molecule has 3 aromatic rings.